The van der Waals surface area contributed by atoms with Crippen LogP contribution >= 0.6 is 0 Å². The summed E-state index contributed by atoms with van der Waals surface area (Å²) >= 11 is 0. The Morgan fingerprint density at radius 2 is 1.75 bits per heavy atom. The highest BCUT2D eigenvalue weighted by Gasteiger charge is 2.16. The number of rotatable bonds is 5. The smallest absolute Gasteiger partial charge is 0.258 e. The van der Waals surface area contributed by atoms with E-state index in [4.69, 9.17) is 4.52 Å². The number of aryl methyl sites for hydroxylation is 2. The molecule has 0 amide bonds. The van der Waals surface area contributed by atoms with E-state index >= 15 is 0 Å². The Labute approximate surface area is 163 Å². The molecule has 0 aliphatic rings. The van der Waals surface area contributed by atoms with E-state index in [1.165, 1.54) is 5.56 Å². The number of hydrogen-bond acceptors (Lipinski definition) is 6. The van der Waals surface area contributed by atoms with E-state index in [1.807, 2.05) is 63.0 Å². The number of anilines is 1. The molecule has 0 N–H and O–H groups in total. The van der Waals surface area contributed by atoms with E-state index in [-0.39, 0.29) is 0 Å². The second kappa shape index (κ2) is 7.26. The Bertz CT molecular complexity index is 1090. The third-order valence-electron chi connectivity index (χ3n) is 4.54. The van der Waals surface area contributed by atoms with Gasteiger partial charge in [0, 0.05) is 25.3 Å². The van der Waals surface area contributed by atoms with E-state index in [0.29, 0.717) is 24.1 Å². The van der Waals surface area contributed by atoms with Crippen LogP contribution in [0.5, 0.6) is 0 Å². The molecule has 0 saturated carbocycles. The molecule has 2 aromatic carbocycles. The first-order valence-electron chi connectivity index (χ1n) is 9.08. The zero-order valence-corrected chi connectivity index (χ0v) is 16.4. The van der Waals surface area contributed by atoms with Crippen molar-refractivity contribution in [1.82, 2.24) is 24.9 Å². The second-order valence-corrected chi connectivity index (χ2v) is 6.99. The molecule has 0 aliphatic carbocycles. The van der Waals surface area contributed by atoms with E-state index in [9.17, 15) is 0 Å². The van der Waals surface area contributed by atoms with Gasteiger partial charge in [-0.3, -0.25) is 0 Å². The fourth-order valence-corrected chi connectivity index (χ4v) is 2.90. The van der Waals surface area contributed by atoms with Crippen molar-refractivity contribution in [1.29, 1.82) is 0 Å². The highest BCUT2D eigenvalue weighted by molar-refractivity contribution is 5.56. The summed E-state index contributed by atoms with van der Waals surface area (Å²) in [5.74, 6) is 2.11. The summed E-state index contributed by atoms with van der Waals surface area (Å²) < 4.78 is 7.25. The molecule has 0 fully saturated rings. The van der Waals surface area contributed by atoms with E-state index in [1.54, 1.807) is 0 Å². The highest BCUT2D eigenvalue weighted by Crippen LogP contribution is 2.21. The van der Waals surface area contributed by atoms with Crippen molar-refractivity contribution in [3.05, 3.63) is 65.5 Å². The molecule has 28 heavy (non-hydrogen) atoms. The monoisotopic (exact) mass is 374 g/mol. The lowest BCUT2D eigenvalue weighted by atomic mass is 10.1. The molecular weight excluding hydrogens is 352 g/mol. The highest BCUT2D eigenvalue weighted by atomic mass is 16.5. The van der Waals surface area contributed by atoms with E-state index in [0.717, 1.165) is 22.6 Å². The summed E-state index contributed by atoms with van der Waals surface area (Å²) in [6.07, 6.45) is 0. The number of aromatic nitrogens is 5. The normalized spacial score (nSPS) is 11.0. The predicted molar refractivity (Wildman–Crippen MR) is 108 cm³/mol. The lowest BCUT2D eigenvalue weighted by Gasteiger charge is -2.13. The standard InChI is InChI=1S/C21H22N6O/c1-14-8-10-17(11-9-14)21-23-20(25-28-21)19-22-15(2)27(24-19)13-16-6-5-7-18(12-16)26(3)4/h5-12H,13H2,1-4H3. The third-order valence-corrected chi connectivity index (χ3v) is 4.54. The molecule has 2 aromatic heterocycles. The number of benzene rings is 2. The fraction of sp³-hybridized carbons (Fsp3) is 0.238. The fourth-order valence-electron chi connectivity index (χ4n) is 2.90. The molecule has 7 heteroatoms. The molecule has 2 heterocycles. The molecule has 142 valence electrons. The maximum atomic E-state index is 5.40. The maximum absolute atomic E-state index is 5.40. The minimum absolute atomic E-state index is 0.388. The second-order valence-electron chi connectivity index (χ2n) is 6.99. The molecule has 0 atom stereocenters. The topological polar surface area (TPSA) is 72.9 Å². The Hall–Kier alpha value is -3.48. The molecule has 0 aliphatic heterocycles. The average molecular weight is 374 g/mol. The van der Waals surface area contributed by atoms with Gasteiger partial charge in [0.15, 0.2) is 0 Å². The molecule has 4 rings (SSSR count). The van der Waals surface area contributed by atoms with Crippen LogP contribution in [0.1, 0.15) is 17.0 Å². The van der Waals surface area contributed by atoms with Crippen LogP contribution in [0.15, 0.2) is 53.1 Å². The molecule has 0 radical (unpaired) electrons. The van der Waals surface area contributed by atoms with E-state index in [2.05, 4.69) is 43.3 Å². The number of hydrogen-bond donors (Lipinski definition) is 0. The SMILES string of the molecule is Cc1ccc(-c2nc(-c3nc(C)n(Cc4cccc(N(C)C)c4)n3)no2)cc1. The Kier molecular flexibility index (Phi) is 4.65. The Balaban J connectivity index is 1.58. The summed E-state index contributed by atoms with van der Waals surface area (Å²) in [4.78, 5) is 11.0. The van der Waals surface area contributed by atoms with Crippen molar-refractivity contribution in [2.24, 2.45) is 0 Å². The molecule has 0 saturated heterocycles. The van der Waals surface area contributed by atoms with Gasteiger partial charge in [-0.25, -0.2) is 9.67 Å². The Morgan fingerprint density at radius 3 is 2.50 bits per heavy atom. The lowest BCUT2D eigenvalue weighted by Crippen LogP contribution is -2.10. The minimum Gasteiger partial charge on any atom is -0.378 e. The average Bonchev–Trinajstić information content (AvgIpc) is 3.30. The van der Waals surface area contributed by atoms with Gasteiger partial charge < -0.3 is 9.42 Å². The summed E-state index contributed by atoms with van der Waals surface area (Å²) in [5, 5.41) is 8.63. The van der Waals surface area contributed by atoms with Gasteiger partial charge in [0.05, 0.1) is 6.54 Å². The zero-order valence-electron chi connectivity index (χ0n) is 16.4. The van der Waals surface area contributed by atoms with Crippen LogP contribution in [0.25, 0.3) is 23.1 Å². The van der Waals surface area contributed by atoms with Gasteiger partial charge in [-0.1, -0.05) is 35.0 Å². The largest absolute Gasteiger partial charge is 0.378 e. The molecule has 0 unspecified atom stereocenters. The van der Waals surface area contributed by atoms with Crippen LogP contribution in [0.3, 0.4) is 0 Å². The van der Waals surface area contributed by atoms with Crippen molar-refractivity contribution < 1.29 is 4.52 Å². The quantitative estimate of drug-likeness (QED) is 0.530. The van der Waals surface area contributed by atoms with Crippen molar-refractivity contribution in [3.63, 3.8) is 0 Å². The van der Waals surface area contributed by atoms with Crippen LogP contribution in [0, 0.1) is 13.8 Å². The molecule has 0 bridgehead atoms. The van der Waals surface area contributed by atoms with Gasteiger partial charge in [0.25, 0.3) is 5.89 Å². The summed E-state index contributed by atoms with van der Waals surface area (Å²) in [6, 6.07) is 16.3. The lowest BCUT2D eigenvalue weighted by molar-refractivity contribution is 0.432. The van der Waals surface area contributed by atoms with Gasteiger partial charge in [0.1, 0.15) is 5.82 Å². The number of nitrogens with zero attached hydrogens (tertiary/aromatic N) is 6. The van der Waals surface area contributed by atoms with Crippen LogP contribution in [0.4, 0.5) is 5.69 Å². The molecule has 4 aromatic rings. The van der Waals surface area contributed by atoms with Crippen LogP contribution in [-0.2, 0) is 6.54 Å². The first-order chi connectivity index (χ1) is 13.5. The van der Waals surface area contributed by atoms with Crippen LogP contribution in [-0.4, -0.2) is 39.0 Å². The summed E-state index contributed by atoms with van der Waals surface area (Å²) in [7, 11) is 4.06. The molecule has 0 spiro atoms. The minimum atomic E-state index is 0.388. The van der Waals surface area contributed by atoms with Gasteiger partial charge in [-0.15, -0.1) is 5.10 Å². The molecular formula is C21H22N6O. The van der Waals surface area contributed by atoms with Gasteiger partial charge >= 0.3 is 0 Å². The first kappa shape index (κ1) is 17.9. The van der Waals surface area contributed by atoms with Crippen molar-refractivity contribution >= 4 is 5.69 Å². The van der Waals surface area contributed by atoms with Gasteiger partial charge in [-0.05, 0) is 43.7 Å². The predicted octanol–water partition coefficient (Wildman–Crippen LogP) is 3.73. The van der Waals surface area contributed by atoms with Gasteiger partial charge in [0.2, 0.25) is 11.6 Å². The Morgan fingerprint density at radius 1 is 0.964 bits per heavy atom. The van der Waals surface area contributed by atoms with Crippen molar-refractivity contribution in [2.45, 2.75) is 20.4 Å². The van der Waals surface area contributed by atoms with Crippen molar-refractivity contribution in [2.75, 3.05) is 19.0 Å². The zero-order chi connectivity index (χ0) is 19.7. The van der Waals surface area contributed by atoms with E-state index < -0.39 is 0 Å². The third kappa shape index (κ3) is 3.64. The summed E-state index contributed by atoms with van der Waals surface area (Å²) in [5.41, 5.74) is 4.36. The van der Waals surface area contributed by atoms with Crippen molar-refractivity contribution in [3.8, 4) is 23.1 Å². The molecule has 7 nitrogen and oxygen atoms in total. The van der Waals surface area contributed by atoms with Crippen LogP contribution < -0.4 is 4.90 Å². The first-order valence-corrected chi connectivity index (χ1v) is 9.08. The maximum Gasteiger partial charge on any atom is 0.258 e. The summed E-state index contributed by atoms with van der Waals surface area (Å²) in [6.45, 7) is 4.59. The van der Waals surface area contributed by atoms with Crippen LogP contribution in [0.2, 0.25) is 0 Å². The van der Waals surface area contributed by atoms with Gasteiger partial charge in [-0.2, -0.15) is 4.98 Å².